The fourth-order valence-corrected chi connectivity index (χ4v) is 6.06. The van der Waals surface area contributed by atoms with E-state index in [1.54, 1.807) is 23.1 Å². The van der Waals surface area contributed by atoms with Crippen LogP contribution in [0.4, 0.5) is 0 Å². The van der Waals surface area contributed by atoms with Crippen LogP contribution >= 0.6 is 34.4 Å². The zero-order chi connectivity index (χ0) is 20.0. The Balaban J connectivity index is 1.55. The van der Waals surface area contributed by atoms with Crippen LogP contribution in [0.15, 0.2) is 62.5 Å². The van der Waals surface area contributed by atoms with E-state index in [1.807, 2.05) is 42.0 Å². The number of hydrogen-bond acceptors (Lipinski definition) is 7. The Morgan fingerprint density at radius 2 is 1.93 bits per heavy atom. The van der Waals surface area contributed by atoms with Crippen LogP contribution in [0.1, 0.15) is 9.67 Å². The molecular weight excluding hydrogens is 422 g/mol. The minimum atomic E-state index is -0.316. The maximum Gasteiger partial charge on any atom is 0.348 e. The number of esters is 1. The van der Waals surface area contributed by atoms with E-state index in [1.165, 1.54) is 18.4 Å². The van der Waals surface area contributed by atoms with Gasteiger partial charge < -0.3 is 9.15 Å². The van der Waals surface area contributed by atoms with Gasteiger partial charge in [-0.15, -0.1) is 34.4 Å². The number of para-hydroxylation sites is 1. The maximum absolute atomic E-state index is 11.9. The van der Waals surface area contributed by atoms with Gasteiger partial charge in [-0.2, -0.15) is 0 Å². The Bertz CT molecular complexity index is 1360. The second-order valence-corrected chi connectivity index (χ2v) is 9.34. The minimum absolute atomic E-state index is 0.316. The molecule has 4 nitrogen and oxygen atoms in total. The monoisotopic (exact) mass is 437 g/mol. The van der Waals surface area contributed by atoms with Crippen LogP contribution < -0.4 is 0 Å². The molecule has 7 heteroatoms. The van der Waals surface area contributed by atoms with E-state index in [-0.39, 0.29) is 5.97 Å². The molecule has 0 atom stereocenters. The molecular formula is C22H15NO3S3. The number of furan rings is 1. The lowest BCUT2D eigenvalue weighted by atomic mass is 10.1. The summed E-state index contributed by atoms with van der Waals surface area (Å²) in [6, 6.07) is 16.1. The lowest BCUT2D eigenvalue weighted by Crippen LogP contribution is -1.96. The number of ether oxygens (including phenoxy) is 1. The van der Waals surface area contributed by atoms with E-state index >= 15 is 0 Å². The third-order valence-electron chi connectivity index (χ3n) is 4.68. The fraction of sp³-hybridized carbons (Fsp3) is 0.0909. The summed E-state index contributed by atoms with van der Waals surface area (Å²) in [5.74, 6) is -0.316. The Morgan fingerprint density at radius 3 is 2.76 bits per heavy atom. The smallest absolute Gasteiger partial charge is 0.348 e. The van der Waals surface area contributed by atoms with E-state index in [0.29, 0.717) is 4.88 Å². The van der Waals surface area contributed by atoms with Gasteiger partial charge in [0.1, 0.15) is 21.1 Å². The third kappa shape index (κ3) is 3.15. The first-order chi connectivity index (χ1) is 14.2. The van der Waals surface area contributed by atoms with E-state index in [2.05, 4.69) is 18.2 Å². The highest BCUT2D eigenvalue weighted by molar-refractivity contribution is 8.00. The van der Waals surface area contributed by atoms with E-state index in [9.17, 15) is 4.79 Å². The molecule has 0 amide bonds. The van der Waals surface area contributed by atoms with Crippen LogP contribution in [0.2, 0.25) is 0 Å². The van der Waals surface area contributed by atoms with Crippen LogP contribution in [0, 0.1) is 0 Å². The van der Waals surface area contributed by atoms with Gasteiger partial charge >= 0.3 is 5.97 Å². The molecule has 29 heavy (non-hydrogen) atoms. The standard InChI is InChI=1S/C22H15NO3S3/c1-25-21(24)19-10-15(22(27-2)29-19)20-23-16(11-28-20)12-7-8-14-13-5-3-4-6-17(13)26-18(14)9-12/h3-11H,1-2H3. The van der Waals surface area contributed by atoms with Gasteiger partial charge in [0.15, 0.2) is 0 Å². The molecule has 5 aromatic rings. The van der Waals surface area contributed by atoms with Crippen molar-refractivity contribution < 1.29 is 13.9 Å². The summed E-state index contributed by atoms with van der Waals surface area (Å²) in [6.07, 6.45) is 2.00. The van der Waals surface area contributed by atoms with Gasteiger partial charge in [-0.3, -0.25) is 0 Å². The van der Waals surface area contributed by atoms with Crippen molar-refractivity contribution in [2.24, 2.45) is 0 Å². The Labute approximate surface area is 179 Å². The molecule has 0 aliphatic heterocycles. The lowest BCUT2D eigenvalue weighted by Gasteiger charge is -1.98. The number of benzene rings is 2. The van der Waals surface area contributed by atoms with Gasteiger partial charge in [-0.25, -0.2) is 9.78 Å². The normalized spacial score (nSPS) is 11.4. The molecule has 0 unspecified atom stereocenters. The number of fused-ring (bicyclic) bond motifs is 3. The van der Waals surface area contributed by atoms with E-state index in [0.717, 1.165) is 48.0 Å². The molecule has 0 radical (unpaired) electrons. The number of thioether (sulfide) groups is 1. The van der Waals surface area contributed by atoms with Crippen molar-refractivity contribution in [3.05, 3.63) is 58.8 Å². The van der Waals surface area contributed by atoms with Gasteiger partial charge in [-0.1, -0.05) is 24.3 Å². The number of nitrogens with zero attached hydrogens (tertiary/aromatic N) is 1. The summed E-state index contributed by atoms with van der Waals surface area (Å²) in [7, 11) is 1.40. The minimum Gasteiger partial charge on any atom is -0.465 e. The van der Waals surface area contributed by atoms with Gasteiger partial charge in [-0.05, 0) is 30.5 Å². The predicted octanol–water partition coefficient (Wildman–Crippen LogP) is 6.95. The fourth-order valence-electron chi connectivity index (χ4n) is 3.29. The number of thiophene rings is 1. The molecule has 0 spiro atoms. The van der Waals surface area contributed by atoms with E-state index in [4.69, 9.17) is 14.1 Å². The molecule has 0 aliphatic rings. The zero-order valence-corrected chi connectivity index (χ0v) is 18.0. The Hall–Kier alpha value is -2.61. The number of thiazole rings is 1. The Morgan fingerprint density at radius 1 is 1.10 bits per heavy atom. The highest BCUT2D eigenvalue weighted by Crippen LogP contribution is 2.41. The van der Waals surface area contributed by atoms with Crippen molar-refractivity contribution in [2.45, 2.75) is 4.21 Å². The predicted molar refractivity (Wildman–Crippen MR) is 121 cm³/mol. The molecule has 0 saturated heterocycles. The van der Waals surface area contributed by atoms with Crippen LogP contribution in [0.3, 0.4) is 0 Å². The number of carbonyl (C=O) groups excluding carboxylic acids is 1. The van der Waals surface area contributed by atoms with E-state index < -0.39 is 0 Å². The second kappa shape index (κ2) is 7.33. The average Bonchev–Trinajstić information content (AvgIpc) is 3.48. The number of rotatable bonds is 4. The van der Waals surface area contributed by atoms with Crippen molar-refractivity contribution in [3.63, 3.8) is 0 Å². The van der Waals surface area contributed by atoms with Crippen LogP contribution in [0.25, 0.3) is 43.8 Å². The van der Waals surface area contributed by atoms with Crippen LogP contribution in [-0.2, 0) is 4.74 Å². The molecule has 5 rings (SSSR count). The molecule has 3 heterocycles. The van der Waals surface area contributed by atoms with Crippen molar-refractivity contribution in [3.8, 4) is 21.8 Å². The van der Waals surface area contributed by atoms with Crippen LogP contribution in [-0.4, -0.2) is 24.3 Å². The van der Waals surface area contributed by atoms with Crippen LogP contribution in [0.5, 0.6) is 0 Å². The molecule has 0 fully saturated rings. The van der Waals surface area contributed by atoms with Gasteiger partial charge in [0.05, 0.1) is 17.0 Å². The summed E-state index contributed by atoms with van der Waals surface area (Å²) < 4.78 is 11.9. The molecule has 0 saturated carbocycles. The molecule has 144 valence electrons. The molecule has 3 aromatic heterocycles. The summed E-state index contributed by atoms with van der Waals surface area (Å²) >= 11 is 4.62. The molecule has 2 aromatic carbocycles. The topological polar surface area (TPSA) is 52.3 Å². The SMILES string of the molecule is COC(=O)c1cc(-c2nc(-c3ccc4c(c3)oc3ccccc34)cs2)c(SC)s1. The quantitative estimate of drug-likeness (QED) is 0.225. The number of hydrogen-bond donors (Lipinski definition) is 0. The Kier molecular flexibility index (Phi) is 4.66. The van der Waals surface area contributed by atoms with Crippen molar-refractivity contribution in [1.29, 1.82) is 0 Å². The van der Waals surface area contributed by atoms with Gasteiger partial charge in [0, 0.05) is 27.3 Å². The molecule has 0 N–H and O–H groups in total. The first kappa shape index (κ1) is 18.4. The molecule has 0 bridgehead atoms. The summed E-state index contributed by atoms with van der Waals surface area (Å²) in [5, 5.41) is 5.15. The molecule has 0 aliphatic carbocycles. The first-order valence-electron chi connectivity index (χ1n) is 8.81. The number of methoxy groups -OCH3 is 1. The number of aromatic nitrogens is 1. The highest BCUT2D eigenvalue weighted by atomic mass is 32.2. The van der Waals surface area contributed by atoms with Gasteiger partial charge in [0.25, 0.3) is 0 Å². The second-order valence-electron chi connectivity index (χ2n) is 6.35. The lowest BCUT2D eigenvalue weighted by molar-refractivity contribution is 0.0606. The summed E-state index contributed by atoms with van der Waals surface area (Å²) in [4.78, 5) is 17.3. The summed E-state index contributed by atoms with van der Waals surface area (Å²) in [5.41, 5.74) is 4.62. The average molecular weight is 438 g/mol. The first-order valence-corrected chi connectivity index (χ1v) is 11.7. The summed E-state index contributed by atoms with van der Waals surface area (Å²) in [6.45, 7) is 0. The van der Waals surface area contributed by atoms with Crippen molar-refractivity contribution >= 4 is 62.3 Å². The van der Waals surface area contributed by atoms with Gasteiger partial charge in [0.2, 0.25) is 0 Å². The number of carbonyl (C=O) groups is 1. The zero-order valence-electron chi connectivity index (χ0n) is 15.6. The third-order valence-corrected chi connectivity index (χ3v) is 7.81. The highest BCUT2D eigenvalue weighted by Gasteiger charge is 2.19. The largest absolute Gasteiger partial charge is 0.465 e. The van der Waals surface area contributed by atoms with Crippen molar-refractivity contribution in [2.75, 3.05) is 13.4 Å². The maximum atomic E-state index is 11.9. The van der Waals surface area contributed by atoms with Crippen molar-refractivity contribution in [1.82, 2.24) is 4.98 Å².